The number of Topliss-reactive ketones (excluding diaryl/α,β-unsaturated/α-hetero) is 2. The zero-order valence-electron chi connectivity index (χ0n) is 26.7. The molecular weight excluding hydrogens is 585 g/mol. The topological polar surface area (TPSA) is 109 Å². The first-order valence-corrected chi connectivity index (χ1v) is 17.5. The lowest BCUT2D eigenvalue weighted by molar-refractivity contribution is -0.146. The highest BCUT2D eigenvalue weighted by Gasteiger charge is 2.39. The van der Waals surface area contributed by atoms with Gasteiger partial charge in [0.2, 0.25) is 11.8 Å². The van der Waals surface area contributed by atoms with Crippen molar-refractivity contribution in [3.63, 3.8) is 0 Å². The van der Waals surface area contributed by atoms with E-state index in [1.165, 1.54) is 21.6 Å². The lowest BCUT2D eigenvalue weighted by Gasteiger charge is -2.32. The average Bonchev–Trinajstić information content (AvgIpc) is 3.41. The summed E-state index contributed by atoms with van der Waals surface area (Å²) < 4.78 is 0. The van der Waals surface area contributed by atoms with Gasteiger partial charge in [-0.15, -0.1) is 23.5 Å². The minimum atomic E-state index is -0.310. The number of hydrogen-bond acceptors (Lipinski definition) is 8. The molecule has 3 aliphatic heterocycles. The van der Waals surface area contributed by atoms with Crippen LogP contribution in [0.15, 0.2) is 22.0 Å². The lowest BCUT2D eigenvalue weighted by atomic mass is 9.82. The lowest BCUT2D eigenvalue weighted by Crippen LogP contribution is -2.44. The van der Waals surface area contributed by atoms with E-state index in [-0.39, 0.29) is 70.7 Å². The Hall–Kier alpha value is -2.20. The van der Waals surface area contributed by atoms with Crippen LogP contribution in [0.5, 0.6) is 0 Å². The molecule has 3 heterocycles. The van der Waals surface area contributed by atoms with Gasteiger partial charge < -0.3 is 0 Å². The maximum atomic E-state index is 12.8. The predicted octanol–water partition coefficient (Wildman–Crippen LogP) is 5.95. The number of amides is 4. The Morgan fingerprint density at radius 2 is 1.33 bits per heavy atom. The molecular formula is C33H48N2O6S2. The fourth-order valence-corrected chi connectivity index (χ4v) is 7.61. The van der Waals surface area contributed by atoms with E-state index in [0.29, 0.717) is 51.6 Å². The SMILES string of the molecule is CCSC1=CC(=O)N(CCC(C)(C)CCC(=O)CCC(=O)CCC(C)(C)CCN2C(=O)C=C3SCCC3C2=O)C(=O)C1C. The third-order valence-electron chi connectivity index (χ3n) is 8.89. The van der Waals surface area contributed by atoms with E-state index in [1.54, 1.807) is 23.9 Å². The smallest absolute Gasteiger partial charge is 0.253 e. The Balaban J connectivity index is 1.35. The Kier molecular flexibility index (Phi) is 12.5. The number of imide groups is 2. The molecule has 0 aliphatic carbocycles. The van der Waals surface area contributed by atoms with Gasteiger partial charge in [0, 0.05) is 60.7 Å². The maximum absolute atomic E-state index is 12.8. The highest BCUT2D eigenvalue weighted by atomic mass is 32.2. The van der Waals surface area contributed by atoms with Crippen molar-refractivity contribution in [2.24, 2.45) is 22.7 Å². The van der Waals surface area contributed by atoms with Crippen LogP contribution in [-0.2, 0) is 28.8 Å². The van der Waals surface area contributed by atoms with Gasteiger partial charge in [-0.25, -0.2) is 0 Å². The molecule has 10 heteroatoms. The zero-order valence-corrected chi connectivity index (χ0v) is 28.3. The fourth-order valence-electron chi connectivity index (χ4n) is 5.55. The largest absolute Gasteiger partial charge is 0.300 e. The van der Waals surface area contributed by atoms with Crippen molar-refractivity contribution in [1.29, 1.82) is 0 Å². The minimum Gasteiger partial charge on any atom is -0.300 e. The number of nitrogens with zero attached hydrogens (tertiary/aromatic N) is 2. The second kappa shape index (κ2) is 15.2. The van der Waals surface area contributed by atoms with Crippen molar-refractivity contribution in [2.75, 3.05) is 24.6 Å². The number of hydrogen-bond donors (Lipinski definition) is 0. The van der Waals surface area contributed by atoms with Gasteiger partial charge in [0.25, 0.3) is 11.8 Å². The summed E-state index contributed by atoms with van der Waals surface area (Å²) in [5.74, 6) is 0.538. The molecule has 1 saturated heterocycles. The second-order valence-electron chi connectivity index (χ2n) is 13.5. The van der Waals surface area contributed by atoms with Crippen molar-refractivity contribution in [1.82, 2.24) is 9.80 Å². The first-order valence-electron chi connectivity index (χ1n) is 15.6. The first-order chi connectivity index (χ1) is 20.1. The van der Waals surface area contributed by atoms with Crippen LogP contribution in [0.2, 0.25) is 0 Å². The maximum Gasteiger partial charge on any atom is 0.253 e. The van der Waals surface area contributed by atoms with Gasteiger partial charge >= 0.3 is 0 Å². The molecule has 2 atom stereocenters. The van der Waals surface area contributed by atoms with Crippen LogP contribution in [0, 0.1) is 22.7 Å². The number of fused-ring (bicyclic) bond motifs is 1. The monoisotopic (exact) mass is 632 g/mol. The summed E-state index contributed by atoms with van der Waals surface area (Å²) in [6.45, 7) is 12.7. The number of rotatable bonds is 17. The van der Waals surface area contributed by atoms with Crippen LogP contribution < -0.4 is 0 Å². The molecule has 238 valence electrons. The molecule has 0 aromatic carbocycles. The highest BCUT2D eigenvalue weighted by molar-refractivity contribution is 8.03. The molecule has 0 aromatic heterocycles. The summed E-state index contributed by atoms with van der Waals surface area (Å²) >= 11 is 3.13. The third-order valence-corrected chi connectivity index (χ3v) is 11.2. The molecule has 2 unspecified atom stereocenters. The van der Waals surface area contributed by atoms with Gasteiger partial charge in [0.05, 0.1) is 11.8 Å². The standard InChI is InChI=1S/C33H48N2O6S2/c1-7-42-26-20-28(38)34(30(40)22(26)2)17-15-32(3,4)13-10-23(36)8-9-24(37)11-14-33(5,6)16-18-35-29(39)21-27-25(31(35)41)12-19-43-27/h20-22,25H,7-19H2,1-6H3. The highest BCUT2D eigenvalue weighted by Crippen LogP contribution is 2.40. The van der Waals surface area contributed by atoms with E-state index in [9.17, 15) is 28.8 Å². The number of carbonyl (C=O) groups is 6. The quantitative estimate of drug-likeness (QED) is 0.181. The molecule has 0 saturated carbocycles. The van der Waals surface area contributed by atoms with Crippen LogP contribution in [0.1, 0.15) is 99.3 Å². The van der Waals surface area contributed by atoms with Crippen LogP contribution in [-0.4, -0.2) is 69.6 Å². The van der Waals surface area contributed by atoms with Crippen molar-refractivity contribution in [3.05, 3.63) is 22.0 Å². The van der Waals surface area contributed by atoms with Crippen LogP contribution in [0.3, 0.4) is 0 Å². The van der Waals surface area contributed by atoms with E-state index < -0.39 is 0 Å². The fraction of sp³-hybridized carbons (Fsp3) is 0.697. The van der Waals surface area contributed by atoms with Crippen LogP contribution in [0.4, 0.5) is 0 Å². The van der Waals surface area contributed by atoms with E-state index in [0.717, 1.165) is 27.7 Å². The van der Waals surface area contributed by atoms with Gasteiger partial charge in [0.15, 0.2) is 0 Å². The molecule has 0 radical (unpaired) electrons. The van der Waals surface area contributed by atoms with E-state index >= 15 is 0 Å². The number of thioether (sulfide) groups is 2. The van der Waals surface area contributed by atoms with E-state index in [4.69, 9.17) is 0 Å². The molecule has 0 N–H and O–H groups in total. The van der Waals surface area contributed by atoms with Gasteiger partial charge in [-0.1, -0.05) is 34.6 Å². The molecule has 0 spiro atoms. The van der Waals surface area contributed by atoms with E-state index in [1.807, 2.05) is 41.5 Å². The Bertz CT molecular complexity index is 1190. The summed E-state index contributed by atoms with van der Waals surface area (Å²) in [6, 6.07) is 0. The van der Waals surface area contributed by atoms with Crippen LogP contribution >= 0.6 is 23.5 Å². The van der Waals surface area contributed by atoms with Gasteiger partial charge in [0.1, 0.15) is 11.6 Å². The van der Waals surface area contributed by atoms with Crippen LogP contribution in [0.25, 0.3) is 0 Å². The molecule has 1 fully saturated rings. The molecule has 0 aromatic rings. The minimum absolute atomic E-state index is 0.0446. The van der Waals surface area contributed by atoms with Crippen molar-refractivity contribution in [2.45, 2.75) is 99.3 Å². The molecule has 0 bridgehead atoms. The normalized spacial score (nSPS) is 21.3. The summed E-state index contributed by atoms with van der Waals surface area (Å²) in [7, 11) is 0. The third kappa shape index (κ3) is 9.90. The molecule has 4 amide bonds. The summed E-state index contributed by atoms with van der Waals surface area (Å²) in [4.78, 5) is 80.2. The Labute approximate surface area is 265 Å². The first kappa shape index (κ1) is 35.3. The molecule has 3 rings (SSSR count). The number of ketones is 2. The second-order valence-corrected chi connectivity index (χ2v) is 16.0. The summed E-state index contributed by atoms with van der Waals surface area (Å²) in [5, 5.41) is 0. The zero-order chi connectivity index (χ0) is 31.9. The van der Waals surface area contributed by atoms with Gasteiger partial charge in [-0.3, -0.25) is 38.6 Å². The van der Waals surface area contributed by atoms with E-state index in [2.05, 4.69) is 0 Å². The van der Waals surface area contributed by atoms with Crippen molar-refractivity contribution in [3.8, 4) is 0 Å². The molecule has 8 nitrogen and oxygen atoms in total. The average molecular weight is 633 g/mol. The van der Waals surface area contributed by atoms with Crippen molar-refractivity contribution >= 4 is 58.7 Å². The summed E-state index contributed by atoms with van der Waals surface area (Å²) in [5.41, 5.74) is -0.458. The predicted molar refractivity (Wildman–Crippen MR) is 172 cm³/mol. The van der Waals surface area contributed by atoms with Crippen molar-refractivity contribution < 1.29 is 28.8 Å². The molecule has 43 heavy (non-hydrogen) atoms. The Morgan fingerprint density at radius 1 is 0.814 bits per heavy atom. The summed E-state index contributed by atoms with van der Waals surface area (Å²) in [6.07, 6.45) is 7.58. The molecule has 3 aliphatic rings. The van der Waals surface area contributed by atoms with Gasteiger partial charge in [-0.05, 0) is 61.4 Å². The van der Waals surface area contributed by atoms with Gasteiger partial charge in [-0.2, -0.15) is 0 Å². The Morgan fingerprint density at radius 3 is 1.86 bits per heavy atom. The number of carbonyl (C=O) groups excluding carboxylic acids is 6.